The second kappa shape index (κ2) is 8.48. The molecule has 0 saturated carbocycles. The van der Waals surface area contributed by atoms with Crippen molar-refractivity contribution in [3.05, 3.63) is 94.0 Å². The van der Waals surface area contributed by atoms with Crippen molar-refractivity contribution in [1.29, 1.82) is 0 Å². The molecule has 152 valence electrons. The van der Waals surface area contributed by atoms with Crippen molar-refractivity contribution in [2.24, 2.45) is 0 Å². The molecule has 8 heteroatoms. The number of benzene rings is 3. The summed E-state index contributed by atoms with van der Waals surface area (Å²) in [6, 6.07) is 18.7. The zero-order valence-electron chi connectivity index (χ0n) is 15.4. The molecule has 3 aromatic rings. The van der Waals surface area contributed by atoms with Gasteiger partial charge >= 0.3 is 0 Å². The summed E-state index contributed by atoms with van der Waals surface area (Å²) < 4.78 is 53.0. The summed E-state index contributed by atoms with van der Waals surface area (Å²) >= 11 is 12.0. The Morgan fingerprint density at radius 2 is 1.45 bits per heavy atom. The predicted octanol–water partition coefficient (Wildman–Crippen LogP) is 5.29. The van der Waals surface area contributed by atoms with Gasteiger partial charge in [-0.05, 0) is 42.8 Å². The van der Waals surface area contributed by atoms with Crippen LogP contribution in [0, 0.1) is 6.92 Å². The first kappa shape index (κ1) is 21.8. The van der Waals surface area contributed by atoms with Gasteiger partial charge in [-0.25, -0.2) is 16.8 Å². The van der Waals surface area contributed by atoms with Crippen LogP contribution in [0.1, 0.15) is 16.4 Å². The topological polar surface area (TPSA) is 68.3 Å². The van der Waals surface area contributed by atoms with Gasteiger partial charge in [-0.2, -0.15) is 0 Å². The van der Waals surface area contributed by atoms with Gasteiger partial charge in [-0.1, -0.05) is 71.2 Å². The molecule has 0 spiro atoms. The highest BCUT2D eigenvalue weighted by Gasteiger charge is 2.35. The summed E-state index contributed by atoms with van der Waals surface area (Å²) in [6.07, 6.45) is 0. The SMILES string of the molecule is Cc1ccc(S(=O)(=O)[C@H](CS(=O)(=O)c2cc(Cl)ccc2Cl)c2ccccc2)cc1. The molecule has 0 bridgehead atoms. The molecular weight excluding hydrogens is 451 g/mol. The number of hydrogen-bond acceptors (Lipinski definition) is 4. The van der Waals surface area contributed by atoms with Crippen LogP contribution in [-0.4, -0.2) is 22.6 Å². The lowest BCUT2D eigenvalue weighted by Gasteiger charge is -2.19. The lowest BCUT2D eigenvalue weighted by atomic mass is 10.2. The average Bonchev–Trinajstić information content (AvgIpc) is 2.69. The molecule has 0 amide bonds. The van der Waals surface area contributed by atoms with E-state index in [4.69, 9.17) is 23.2 Å². The minimum absolute atomic E-state index is 0.00561. The molecule has 0 radical (unpaired) electrons. The molecule has 0 aliphatic carbocycles. The molecule has 0 unspecified atom stereocenters. The molecule has 0 fully saturated rings. The molecular formula is C21H18Cl2O4S2. The van der Waals surface area contributed by atoms with Crippen LogP contribution in [0.25, 0.3) is 0 Å². The quantitative estimate of drug-likeness (QED) is 0.492. The first-order valence-electron chi connectivity index (χ1n) is 8.64. The van der Waals surface area contributed by atoms with Gasteiger partial charge in [0, 0.05) is 5.02 Å². The smallest absolute Gasteiger partial charge is 0.186 e. The minimum Gasteiger partial charge on any atom is -0.224 e. The van der Waals surface area contributed by atoms with E-state index in [0.29, 0.717) is 5.56 Å². The predicted molar refractivity (Wildman–Crippen MR) is 116 cm³/mol. The van der Waals surface area contributed by atoms with Crippen LogP contribution in [0.15, 0.2) is 82.6 Å². The van der Waals surface area contributed by atoms with Gasteiger partial charge in [0.05, 0.1) is 20.6 Å². The Kier molecular flexibility index (Phi) is 6.39. The van der Waals surface area contributed by atoms with Gasteiger partial charge in [0.15, 0.2) is 19.7 Å². The molecule has 1 atom stereocenters. The lowest BCUT2D eigenvalue weighted by molar-refractivity contribution is 0.576. The summed E-state index contributed by atoms with van der Waals surface area (Å²) in [5, 5.41) is -1.11. The van der Waals surface area contributed by atoms with E-state index in [1.165, 1.54) is 30.3 Å². The maximum Gasteiger partial charge on any atom is 0.186 e. The number of rotatable bonds is 6. The second-order valence-corrected chi connectivity index (χ2v) is 11.6. The molecule has 0 aromatic heterocycles. The molecule has 0 aliphatic heterocycles. The molecule has 3 rings (SSSR count). The average molecular weight is 469 g/mol. The first-order valence-corrected chi connectivity index (χ1v) is 12.6. The van der Waals surface area contributed by atoms with Gasteiger partial charge in [0.2, 0.25) is 0 Å². The van der Waals surface area contributed by atoms with Gasteiger partial charge < -0.3 is 0 Å². The van der Waals surface area contributed by atoms with Crippen molar-refractivity contribution in [1.82, 2.24) is 0 Å². The third-order valence-corrected chi connectivity index (χ3v) is 9.28. The minimum atomic E-state index is -4.06. The van der Waals surface area contributed by atoms with Crippen molar-refractivity contribution >= 4 is 42.9 Å². The third-order valence-electron chi connectivity index (χ3n) is 4.49. The highest BCUT2D eigenvalue weighted by atomic mass is 35.5. The van der Waals surface area contributed by atoms with E-state index in [9.17, 15) is 16.8 Å². The van der Waals surface area contributed by atoms with E-state index in [0.717, 1.165) is 5.56 Å². The Balaban J connectivity index is 2.12. The third kappa shape index (κ3) is 4.83. The molecule has 3 aromatic carbocycles. The molecule has 0 N–H and O–H groups in total. The van der Waals surface area contributed by atoms with Crippen molar-refractivity contribution in [2.45, 2.75) is 22.0 Å². The summed E-state index contributed by atoms with van der Waals surface area (Å²) in [5.74, 6) is -0.659. The zero-order chi connectivity index (χ0) is 21.2. The Bertz CT molecular complexity index is 1220. The number of hydrogen-bond donors (Lipinski definition) is 0. The fraction of sp³-hybridized carbons (Fsp3) is 0.143. The van der Waals surface area contributed by atoms with Crippen molar-refractivity contribution in [2.75, 3.05) is 5.75 Å². The van der Waals surface area contributed by atoms with Crippen LogP contribution in [0.4, 0.5) is 0 Å². The van der Waals surface area contributed by atoms with Crippen LogP contribution in [0.2, 0.25) is 10.0 Å². The number of aryl methyl sites for hydroxylation is 1. The van der Waals surface area contributed by atoms with Crippen LogP contribution in [-0.2, 0) is 19.7 Å². The van der Waals surface area contributed by atoms with Crippen LogP contribution >= 0.6 is 23.2 Å². The van der Waals surface area contributed by atoms with E-state index in [2.05, 4.69) is 0 Å². The summed E-state index contributed by atoms with van der Waals surface area (Å²) in [7, 11) is -8.05. The highest BCUT2D eigenvalue weighted by molar-refractivity contribution is 7.95. The van der Waals surface area contributed by atoms with E-state index in [1.807, 2.05) is 6.92 Å². The molecule has 4 nitrogen and oxygen atoms in total. The molecule has 0 heterocycles. The van der Waals surface area contributed by atoms with E-state index in [1.54, 1.807) is 42.5 Å². The van der Waals surface area contributed by atoms with Gasteiger partial charge in [-0.15, -0.1) is 0 Å². The molecule has 0 aliphatic rings. The summed E-state index contributed by atoms with van der Waals surface area (Å²) in [6.45, 7) is 1.84. The lowest BCUT2D eigenvalue weighted by Crippen LogP contribution is -2.23. The van der Waals surface area contributed by atoms with Crippen molar-refractivity contribution < 1.29 is 16.8 Å². The summed E-state index contributed by atoms with van der Waals surface area (Å²) in [4.78, 5) is -0.129. The maximum atomic E-state index is 13.4. The van der Waals surface area contributed by atoms with Crippen LogP contribution in [0.5, 0.6) is 0 Å². The largest absolute Gasteiger partial charge is 0.224 e. The van der Waals surface area contributed by atoms with Gasteiger partial charge in [0.25, 0.3) is 0 Å². The van der Waals surface area contributed by atoms with Crippen molar-refractivity contribution in [3.8, 4) is 0 Å². The monoisotopic (exact) mass is 468 g/mol. The van der Waals surface area contributed by atoms with Gasteiger partial charge in [0.1, 0.15) is 5.25 Å². The molecule has 29 heavy (non-hydrogen) atoms. The van der Waals surface area contributed by atoms with E-state index >= 15 is 0 Å². The fourth-order valence-corrected chi connectivity index (χ4v) is 7.69. The van der Waals surface area contributed by atoms with Crippen LogP contribution in [0.3, 0.4) is 0 Å². The summed E-state index contributed by atoms with van der Waals surface area (Å²) in [5.41, 5.74) is 1.29. The van der Waals surface area contributed by atoms with E-state index in [-0.39, 0.29) is 19.8 Å². The standard InChI is InChI=1S/C21H18Cl2O4S2/c1-15-7-10-18(11-8-15)29(26,27)21(16-5-3-2-4-6-16)14-28(24,25)20-13-17(22)9-12-19(20)23/h2-13,21H,14H2,1H3/t21-/m1/s1. The molecule has 0 saturated heterocycles. The first-order chi connectivity index (χ1) is 13.6. The Hall–Kier alpha value is -1.86. The van der Waals surface area contributed by atoms with Crippen LogP contribution < -0.4 is 0 Å². The Labute approximate surface area is 180 Å². The normalized spacial score (nSPS) is 13.2. The number of sulfone groups is 2. The Morgan fingerprint density at radius 3 is 2.07 bits per heavy atom. The number of halogens is 2. The second-order valence-electron chi connectivity index (χ2n) is 6.61. The fourth-order valence-electron chi connectivity index (χ4n) is 2.93. The highest BCUT2D eigenvalue weighted by Crippen LogP contribution is 2.34. The van der Waals surface area contributed by atoms with Crippen molar-refractivity contribution in [3.63, 3.8) is 0 Å². The zero-order valence-corrected chi connectivity index (χ0v) is 18.6. The van der Waals surface area contributed by atoms with E-state index < -0.39 is 30.7 Å². The maximum absolute atomic E-state index is 13.4. The van der Waals surface area contributed by atoms with Gasteiger partial charge in [-0.3, -0.25) is 0 Å². The Morgan fingerprint density at radius 1 is 0.828 bits per heavy atom.